The third-order valence-corrected chi connectivity index (χ3v) is 3.66. The Hall–Kier alpha value is -3.10. The van der Waals surface area contributed by atoms with Crippen LogP contribution in [0.5, 0.6) is 11.5 Å². The molecule has 0 bridgehead atoms. The van der Waals surface area contributed by atoms with E-state index in [0.29, 0.717) is 30.3 Å². The van der Waals surface area contributed by atoms with Crippen LogP contribution in [-0.2, 0) is 14.3 Å². The number of rotatable bonds is 7. The third-order valence-electron chi connectivity index (χ3n) is 3.66. The van der Waals surface area contributed by atoms with Gasteiger partial charge < -0.3 is 19.5 Å². The fraction of sp³-hybridized carbons (Fsp3) is 0.474. The van der Waals surface area contributed by atoms with E-state index in [-0.39, 0.29) is 24.7 Å². The molecule has 152 valence electrons. The summed E-state index contributed by atoms with van der Waals surface area (Å²) in [6.45, 7) is 3.95. The van der Waals surface area contributed by atoms with Crippen molar-refractivity contribution < 1.29 is 33.4 Å². The standard InChI is InChI=1S/C19H24N2O7/c1-12(2)20-19(25)21-17(23)11-28-18(24)7-5-14(22)13-4-6-15-16(10-13)27-9-3-8-26-15/h4,6,10,12H,3,5,7-9,11H2,1-2H3,(H2,20,21,23,25). The summed E-state index contributed by atoms with van der Waals surface area (Å²) < 4.78 is 15.8. The second-order valence-corrected chi connectivity index (χ2v) is 6.47. The monoisotopic (exact) mass is 392 g/mol. The molecule has 0 saturated heterocycles. The number of benzene rings is 1. The van der Waals surface area contributed by atoms with Gasteiger partial charge in [-0.1, -0.05) is 0 Å². The molecule has 1 aromatic rings. The molecule has 9 heteroatoms. The first kappa shape index (κ1) is 21.2. The number of nitrogens with one attached hydrogen (secondary N) is 2. The van der Waals surface area contributed by atoms with Crippen molar-refractivity contribution in [2.75, 3.05) is 19.8 Å². The Labute approximate surface area is 162 Å². The lowest BCUT2D eigenvalue weighted by Gasteiger charge is -2.10. The van der Waals surface area contributed by atoms with Crippen LogP contribution in [0.1, 0.15) is 43.5 Å². The van der Waals surface area contributed by atoms with E-state index in [0.717, 1.165) is 6.42 Å². The van der Waals surface area contributed by atoms with Crippen molar-refractivity contribution in [1.29, 1.82) is 0 Å². The number of ketones is 1. The van der Waals surface area contributed by atoms with Gasteiger partial charge in [-0.05, 0) is 32.0 Å². The second-order valence-electron chi connectivity index (χ2n) is 6.47. The van der Waals surface area contributed by atoms with Crippen molar-refractivity contribution >= 4 is 23.7 Å². The fourth-order valence-electron chi connectivity index (χ4n) is 2.38. The van der Waals surface area contributed by atoms with Gasteiger partial charge in [0.25, 0.3) is 5.91 Å². The highest BCUT2D eigenvalue weighted by Crippen LogP contribution is 2.30. The van der Waals surface area contributed by atoms with Gasteiger partial charge in [0.15, 0.2) is 23.9 Å². The molecule has 0 saturated carbocycles. The summed E-state index contributed by atoms with van der Waals surface area (Å²) in [4.78, 5) is 46.9. The topological polar surface area (TPSA) is 120 Å². The molecule has 3 amide bonds. The Kier molecular flexibility index (Phi) is 7.79. The molecular weight excluding hydrogens is 368 g/mol. The first-order valence-corrected chi connectivity index (χ1v) is 9.04. The molecule has 2 rings (SSSR count). The van der Waals surface area contributed by atoms with Gasteiger partial charge in [0.1, 0.15) is 0 Å². The van der Waals surface area contributed by atoms with Crippen LogP contribution in [0.25, 0.3) is 0 Å². The van der Waals surface area contributed by atoms with Crippen LogP contribution in [0, 0.1) is 0 Å². The van der Waals surface area contributed by atoms with E-state index in [9.17, 15) is 19.2 Å². The quantitative estimate of drug-likeness (QED) is 0.534. The second kappa shape index (κ2) is 10.3. The van der Waals surface area contributed by atoms with Crippen molar-refractivity contribution in [2.24, 2.45) is 0 Å². The molecule has 0 aromatic heterocycles. The van der Waals surface area contributed by atoms with Gasteiger partial charge in [0, 0.05) is 24.4 Å². The molecule has 2 N–H and O–H groups in total. The zero-order valence-corrected chi connectivity index (χ0v) is 15.9. The molecule has 0 spiro atoms. The van der Waals surface area contributed by atoms with Gasteiger partial charge in [-0.15, -0.1) is 0 Å². The van der Waals surface area contributed by atoms with Crippen LogP contribution in [0.2, 0.25) is 0 Å². The largest absolute Gasteiger partial charge is 0.490 e. The van der Waals surface area contributed by atoms with Crippen molar-refractivity contribution in [3.05, 3.63) is 23.8 Å². The zero-order chi connectivity index (χ0) is 20.5. The summed E-state index contributed by atoms with van der Waals surface area (Å²) in [5.41, 5.74) is 0.403. The molecule has 1 aliphatic rings. The molecule has 1 aliphatic heterocycles. The molecule has 0 unspecified atom stereocenters. The molecule has 28 heavy (non-hydrogen) atoms. The van der Waals surface area contributed by atoms with Gasteiger partial charge >= 0.3 is 12.0 Å². The van der Waals surface area contributed by atoms with Crippen LogP contribution in [0.15, 0.2) is 18.2 Å². The van der Waals surface area contributed by atoms with Crippen LogP contribution < -0.4 is 20.1 Å². The van der Waals surface area contributed by atoms with E-state index in [1.165, 1.54) is 0 Å². The summed E-state index contributed by atoms with van der Waals surface area (Å²) in [7, 11) is 0. The number of esters is 1. The molecule has 9 nitrogen and oxygen atoms in total. The highest BCUT2D eigenvalue weighted by atomic mass is 16.5. The Bertz CT molecular complexity index is 746. The molecule has 0 fully saturated rings. The first-order chi connectivity index (χ1) is 13.3. The average molecular weight is 392 g/mol. The lowest BCUT2D eigenvalue weighted by Crippen LogP contribution is -2.44. The minimum atomic E-state index is -0.749. The SMILES string of the molecule is CC(C)NC(=O)NC(=O)COC(=O)CCC(=O)c1ccc2c(c1)OCCCO2. The predicted molar refractivity (Wildman–Crippen MR) is 98.4 cm³/mol. The summed E-state index contributed by atoms with van der Waals surface area (Å²) >= 11 is 0. The zero-order valence-electron chi connectivity index (χ0n) is 15.9. The number of carbonyl (C=O) groups excluding carboxylic acids is 4. The number of Topliss-reactive ketones (excluding diaryl/α,β-unsaturated/α-hetero) is 1. The average Bonchev–Trinajstić information content (AvgIpc) is 2.88. The maximum absolute atomic E-state index is 12.3. The molecule has 0 atom stereocenters. The number of carbonyl (C=O) groups is 4. The first-order valence-electron chi connectivity index (χ1n) is 9.04. The van der Waals surface area contributed by atoms with Gasteiger partial charge in [-0.25, -0.2) is 4.79 Å². The summed E-state index contributed by atoms with van der Waals surface area (Å²) in [5.74, 6) is -0.626. The van der Waals surface area contributed by atoms with E-state index in [2.05, 4.69) is 5.32 Å². The minimum absolute atomic E-state index is 0.0755. The highest BCUT2D eigenvalue weighted by Gasteiger charge is 2.16. The summed E-state index contributed by atoms with van der Waals surface area (Å²) in [6, 6.07) is 4.07. The number of urea groups is 1. The smallest absolute Gasteiger partial charge is 0.321 e. The maximum atomic E-state index is 12.3. The van der Waals surface area contributed by atoms with Crippen molar-refractivity contribution in [3.8, 4) is 11.5 Å². The maximum Gasteiger partial charge on any atom is 0.321 e. The van der Waals surface area contributed by atoms with Crippen LogP contribution in [0.4, 0.5) is 4.79 Å². The van der Waals surface area contributed by atoms with Gasteiger partial charge in [-0.2, -0.15) is 0 Å². The lowest BCUT2D eigenvalue weighted by molar-refractivity contribution is -0.148. The number of ether oxygens (including phenoxy) is 3. The van der Waals surface area contributed by atoms with Crippen LogP contribution in [-0.4, -0.2) is 49.6 Å². The number of amides is 3. The molecular formula is C19H24N2O7. The van der Waals surface area contributed by atoms with Crippen molar-refractivity contribution in [1.82, 2.24) is 10.6 Å². The van der Waals surface area contributed by atoms with Crippen molar-refractivity contribution in [3.63, 3.8) is 0 Å². The third kappa shape index (κ3) is 6.90. The Morgan fingerprint density at radius 3 is 2.50 bits per heavy atom. The minimum Gasteiger partial charge on any atom is -0.490 e. The van der Waals surface area contributed by atoms with Gasteiger partial charge in [0.05, 0.1) is 19.6 Å². The Morgan fingerprint density at radius 1 is 1.07 bits per heavy atom. The number of fused-ring (bicyclic) bond motifs is 1. The Balaban J connectivity index is 1.75. The molecule has 1 heterocycles. The van der Waals surface area contributed by atoms with E-state index < -0.39 is 24.5 Å². The number of hydrogen-bond acceptors (Lipinski definition) is 7. The summed E-state index contributed by atoms with van der Waals surface area (Å²) in [6.07, 6.45) is 0.503. The molecule has 1 aromatic carbocycles. The van der Waals surface area contributed by atoms with Crippen LogP contribution in [0.3, 0.4) is 0 Å². The molecule has 0 aliphatic carbocycles. The number of imide groups is 1. The fourth-order valence-corrected chi connectivity index (χ4v) is 2.38. The predicted octanol–water partition coefficient (Wildman–Crippen LogP) is 1.59. The normalized spacial score (nSPS) is 12.7. The van der Waals surface area contributed by atoms with E-state index in [4.69, 9.17) is 14.2 Å². The Morgan fingerprint density at radius 2 is 1.79 bits per heavy atom. The van der Waals surface area contributed by atoms with E-state index >= 15 is 0 Å². The summed E-state index contributed by atoms with van der Waals surface area (Å²) in [5, 5.41) is 4.50. The molecule has 0 radical (unpaired) electrons. The van der Waals surface area contributed by atoms with E-state index in [1.807, 2.05) is 5.32 Å². The highest BCUT2D eigenvalue weighted by molar-refractivity contribution is 5.98. The van der Waals surface area contributed by atoms with Crippen LogP contribution >= 0.6 is 0 Å². The lowest BCUT2D eigenvalue weighted by atomic mass is 10.1. The van der Waals surface area contributed by atoms with Crippen molar-refractivity contribution in [2.45, 2.75) is 39.2 Å². The van der Waals surface area contributed by atoms with Gasteiger partial charge in [0.2, 0.25) is 0 Å². The number of hydrogen-bond donors (Lipinski definition) is 2. The van der Waals surface area contributed by atoms with E-state index in [1.54, 1.807) is 32.0 Å². The van der Waals surface area contributed by atoms with Gasteiger partial charge in [-0.3, -0.25) is 19.7 Å².